The van der Waals surface area contributed by atoms with Crippen molar-refractivity contribution in [2.24, 2.45) is 0 Å². The van der Waals surface area contributed by atoms with Crippen molar-refractivity contribution >= 4 is 0 Å². The van der Waals surface area contributed by atoms with Crippen LogP contribution in [0.1, 0.15) is 0 Å². The van der Waals surface area contributed by atoms with E-state index in [9.17, 15) is 13.2 Å². The fraction of sp³-hybridized carbons (Fsp3) is 1.00. The maximum Gasteiger partial charge on any atom is 0.379 e. The van der Waals surface area contributed by atoms with Gasteiger partial charge in [-0.15, -0.1) is 0 Å². The van der Waals surface area contributed by atoms with Crippen molar-refractivity contribution in [2.75, 3.05) is 0 Å². The molecular formula is CHF3Pt. The molecule has 0 aliphatic carbocycles. The normalized spacial score (nSPS) is 7.20. The minimum atomic E-state index is -3.67. The van der Waals surface area contributed by atoms with Gasteiger partial charge in [-0.2, -0.15) is 13.2 Å². The Morgan fingerprint density at radius 1 is 1.00 bits per heavy atom. The minimum absolute atomic E-state index is 0. The van der Waals surface area contributed by atoms with E-state index in [-0.39, 0.29) is 21.1 Å². The monoisotopic (exact) mass is 265 g/mol. The molecule has 0 saturated carbocycles. The Bertz CT molecular complexity index is 11.6. The molecule has 0 heterocycles. The topological polar surface area (TPSA) is 0 Å². The van der Waals surface area contributed by atoms with Crippen molar-refractivity contribution in [1.82, 2.24) is 0 Å². The number of alkyl halides is 3. The van der Waals surface area contributed by atoms with E-state index >= 15 is 0 Å². The van der Waals surface area contributed by atoms with Crippen molar-refractivity contribution in [3.63, 3.8) is 0 Å². The van der Waals surface area contributed by atoms with E-state index in [0.717, 1.165) is 0 Å². The maximum atomic E-state index is 9.67. The SMILES string of the molecule is FC(F)F.[Pt]. The minimum Gasteiger partial charge on any atom is -0.174 e. The van der Waals surface area contributed by atoms with E-state index in [0.29, 0.717) is 0 Å². The molecule has 0 aromatic heterocycles. The fourth-order valence-corrected chi connectivity index (χ4v) is 0. The first-order valence-electron chi connectivity index (χ1n) is 0.655. The molecule has 0 atom stereocenters. The van der Waals surface area contributed by atoms with Crippen molar-refractivity contribution in [2.45, 2.75) is 6.68 Å². The summed E-state index contributed by atoms with van der Waals surface area (Å²) in [5, 5.41) is 0. The molecule has 0 aliphatic heterocycles. The summed E-state index contributed by atoms with van der Waals surface area (Å²) < 4.78 is 29.0. The molecule has 0 fully saturated rings. The van der Waals surface area contributed by atoms with Gasteiger partial charge in [0, 0.05) is 21.1 Å². The van der Waals surface area contributed by atoms with E-state index in [4.69, 9.17) is 0 Å². The third-order valence-corrected chi connectivity index (χ3v) is 0. The standard InChI is InChI=1S/CHF3.Pt/c2-1(3)4;/h1H;. The predicted octanol–water partition coefficient (Wildman–Crippen LogP) is 1.18. The van der Waals surface area contributed by atoms with Crippen LogP contribution in [0, 0.1) is 0 Å². The molecule has 0 saturated heterocycles. The molecule has 0 nitrogen and oxygen atoms in total. The average molecular weight is 265 g/mol. The second-order valence-corrected chi connectivity index (χ2v) is 0.247. The molecule has 0 unspecified atom stereocenters. The van der Waals surface area contributed by atoms with Crippen LogP contribution in [-0.4, -0.2) is 6.68 Å². The van der Waals surface area contributed by atoms with Gasteiger partial charge in [0.05, 0.1) is 0 Å². The average Bonchev–Trinajstić information content (AvgIpc) is 0.811. The first-order chi connectivity index (χ1) is 1.73. The predicted molar refractivity (Wildman–Crippen MR) is 7.11 cm³/mol. The summed E-state index contributed by atoms with van der Waals surface area (Å²) in [5.74, 6) is 0. The first kappa shape index (κ1) is 9.08. The van der Waals surface area contributed by atoms with E-state index < -0.39 is 6.68 Å². The summed E-state index contributed by atoms with van der Waals surface area (Å²) in [7, 11) is 0. The molecule has 0 aromatic rings. The Kier molecular flexibility index (Phi) is 8.13. The van der Waals surface area contributed by atoms with E-state index in [1.807, 2.05) is 0 Å². The van der Waals surface area contributed by atoms with Gasteiger partial charge in [0.15, 0.2) is 0 Å². The van der Waals surface area contributed by atoms with Crippen LogP contribution in [0.5, 0.6) is 0 Å². The van der Waals surface area contributed by atoms with E-state index in [1.54, 1.807) is 0 Å². The van der Waals surface area contributed by atoms with Gasteiger partial charge in [0.1, 0.15) is 0 Å². The molecule has 0 aromatic carbocycles. The second kappa shape index (κ2) is 4.48. The molecule has 0 amide bonds. The number of halogens is 3. The third kappa shape index (κ3) is 120. The zero-order valence-corrected chi connectivity index (χ0v) is 4.30. The number of hydrogen-bond donors (Lipinski definition) is 0. The Morgan fingerprint density at radius 3 is 1.00 bits per heavy atom. The van der Waals surface area contributed by atoms with Crippen LogP contribution < -0.4 is 0 Å². The Morgan fingerprint density at radius 2 is 1.00 bits per heavy atom. The van der Waals surface area contributed by atoms with Crippen LogP contribution in [-0.2, 0) is 21.1 Å². The van der Waals surface area contributed by atoms with Crippen molar-refractivity contribution in [3.8, 4) is 0 Å². The van der Waals surface area contributed by atoms with E-state index in [2.05, 4.69) is 0 Å². The van der Waals surface area contributed by atoms with Crippen LogP contribution in [0.25, 0.3) is 0 Å². The summed E-state index contributed by atoms with van der Waals surface area (Å²) in [6, 6.07) is 0. The fourth-order valence-electron chi connectivity index (χ4n) is 0. The van der Waals surface area contributed by atoms with Crippen LogP contribution >= 0.6 is 0 Å². The summed E-state index contributed by atoms with van der Waals surface area (Å²) in [6.07, 6.45) is 0. The molecule has 0 rings (SSSR count). The Labute approximate surface area is 41.6 Å². The molecule has 5 heavy (non-hydrogen) atoms. The Hall–Kier alpha value is 0.478. The molecule has 0 bridgehead atoms. The number of rotatable bonds is 0. The second-order valence-electron chi connectivity index (χ2n) is 0.247. The van der Waals surface area contributed by atoms with Gasteiger partial charge in [0.2, 0.25) is 0 Å². The van der Waals surface area contributed by atoms with Gasteiger partial charge in [0.25, 0.3) is 0 Å². The van der Waals surface area contributed by atoms with Gasteiger partial charge >= 0.3 is 6.68 Å². The molecule has 4 heteroatoms. The van der Waals surface area contributed by atoms with Crippen molar-refractivity contribution in [3.05, 3.63) is 0 Å². The van der Waals surface area contributed by atoms with E-state index in [1.165, 1.54) is 0 Å². The van der Waals surface area contributed by atoms with Crippen LogP contribution in [0.4, 0.5) is 13.2 Å². The van der Waals surface area contributed by atoms with Gasteiger partial charge in [-0.05, 0) is 0 Å². The van der Waals surface area contributed by atoms with Gasteiger partial charge in [-0.25, -0.2) is 0 Å². The summed E-state index contributed by atoms with van der Waals surface area (Å²) in [4.78, 5) is 0. The van der Waals surface area contributed by atoms with Crippen LogP contribution in [0.2, 0.25) is 0 Å². The maximum absolute atomic E-state index is 9.67. The molecule has 0 N–H and O–H groups in total. The van der Waals surface area contributed by atoms with Gasteiger partial charge in [-0.1, -0.05) is 0 Å². The van der Waals surface area contributed by atoms with Gasteiger partial charge < -0.3 is 0 Å². The van der Waals surface area contributed by atoms with Crippen LogP contribution in [0.15, 0.2) is 0 Å². The molecule has 0 aliphatic rings. The van der Waals surface area contributed by atoms with Crippen molar-refractivity contribution < 1.29 is 34.2 Å². The molecule has 36 valence electrons. The zero-order valence-electron chi connectivity index (χ0n) is 2.03. The molecular weight excluding hydrogens is 264 g/mol. The third-order valence-electron chi connectivity index (χ3n) is 0. The van der Waals surface area contributed by atoms with Gasteiger partial charge in [-0.3, -0.25) is 0 Å². The van der Waals surface area contributed by atoms with Crippen molar-refractivity contribution in [1.29, 1.82) is 0 Å². The quantitative estimate of drug-likeness (QED) is 0.617. The summed E-state index contributed by atoms with van der Waals surface area (Å²) in [6.45, 7) is -3.67. The zero-order chi connectivity index (χ0) is 3.58. The largest absolute Gasteiger partial charge is 0.379 e. The molecule has 0 radical (unpaired) electrons. The smallest absolute Gasteiger partial charge is 0.174 e. The molecule has 0 spiro atoms. The first-order valence-corrected chi connectivity index (χ1v) is 0.655. The number of hydrogen-bond acceptors (Lipinski definition) is 0. The Balaban J connectivity index is 0. The summed E-state index contributed by atoms with van der Waals surface area (Å²) in [5.41, 5.74) is 0. The van der Waals surface area contributed by atoms with Crippen LogP contribution in [0.3, 0.4) is 0 Å². The summed E-state index contributed by atoms with van der Waals surface area (Å²) >= 11 is 0.